The van der Waals surface area contributed by atoms with E-state index < -0.39 is 39.7 Å². The first-order chi connectivity index (χ1) is 19.1. The SMILES string of the molecule is CCCCS(=O)(=O)N(CCN1CC(c2ccc3c(c2)OCO3)C(C(=O)O)C1c1ccc(OC)c(F)c1)CC(C)C. The van der Waals surface area contributed by atoms with Crippen LogP contribution in [-0.2, 0) is 14.8 Å². The largest absolute Gasteiger partial charge is 0.494 e. The number of likely N-dealkylation sites (tertiary alicyclic amines) is 1. The van der Waals surface area contributed by atoms with Gasteiger partial charge in [-0.25, -0.2) is 17.1 Å². The quantitative estimate of drug-likeness (QED) is 0.371. The smallest absolute Gasteiger partial charge is 0.309 e. The number of carbonyl (C=O) groups is 1. The zero-order chi connectivity index (χ0) is 29.0. The molecule has 3 atom stereocenters. The van der Waals surface area contributed by atoms with Gasteiger partial charge in [0, 0.05) is 38.1 Å². The fourth-order valence-corrected chi connectivity index (χ4v) is 7.45. The van der Waals surface area contributed by atoms with E-state index in [-0.39, 0.29) is 30.8 Å². The van der Waals surface area contributed by atoms with Crippen molar-refractivity contribution in [2.75, 3.05) is 45.8 Å². The van der Waals surface area contributed by atoms with Gasteiger partial charge in [-0.2, -0.15) is 0 Å². The van der Waals surface area contributed by atoms with E-state index in [9.17, 15) is 22.7 Å². The van der Waals surface area contributed by atoms with E-state index in [1.807, 2.05) is 31.7 Å². The lowest BCUT2D eigenvalue weighted by Gasteiger charge is -2.30. The fraction of sp³-hybridized carbons (Fsp3) is 0.552. The number of carboxylic acid groups (broad SMARTS) is 1. The molecule has 0 saturated carbocycles. The van der Waals surface area contributed by atoms with Crippen molar-refractivity contribution in [1.82, 2.24) is 9.21 Å². The molecule has 2 heterocycles. The molecule has 3 unspecified atom stereocenters. The Balaban J connectivity index is 1.70. The normalized spacial score (nSPS) is 20.9. The molecule has 1 saturated heterocycles. The van der Waals surface area contributed by atoms with E-state index in [1.165, 1.54) is 23.5 Å². The second-order valence-electron chi connectivity index (χ2n) is 10.8. The van der Waals surface area contributed by atoms with Gasteiger partial charge in [0.05, 0.1) is 18.8 Å². The molecular weight excluding hydrogens is 539 g/mol. The molecule has 0 bridgehead atoms. The maximum absolute atomic E-state index is 14.9. The molecule has 220 valence electrons. The molecule has 11 heteroatoms. The number of hydrogen-bond donors (Lipinski definition) is 1. The van der Waals surface area contributed by atoms with E-state index in [0.717, 1.165) is 12.0 Å². The maximum atomic E-state index is 14.9. The van der Waals surface area contributed by atoms with Crippen LogP contribution in [0.15, 0.2) is 36.4 Å². The predicted molar refractivity (Wildman–Crippen MR) is 149 cm³/mol. The molecular formula is C29H39FN2O7S. The molecule has 0 spiro atoms. The molecule has 1 fully saturated rings. The number of unbranched alkanes of at least 4 members (excludes halogenated alkanes) is 1. The Morgan fingerprint density at radius 3 is 2.55 bits per heavy atom. The number of rotatable bonds is 13. The summed E-state index contributed by atoms with van der Waals surface area (Å²) < 4.78 is 58.8. The molecule has 1 N–H and O–H groups in total. The second-order valence-corrected chi connectivity index (χ2v) is 12.9. The summed E-state index contributed by atoms with van der Waals surface area (Å²) in [6.45, 7) is 7.21. The first kappa shape index (κ1) is 30.1. The Kier molecular flexibility index (Phi) is 9.58. The minimum absolute atomic E-state index is 0.0672. The van der Waals surface area contributed by atoms with Crippen molar-refractivity contribution in [2.24, 2.45) is 11.8 Å². The van der Waals surface area contributed by atoms with Gasteiger partial charge in [-0.15, -0.1) is 0 Å². The molecule has 0 aliphatic carbocycles. The van der Waals surface area contributed by atoms with Crippen molar-refractivity contribution in [2.45, 2.75) is 45.6 Å². The highest BCUT2D eigenvalue weighted by molar-refractivity contribution is 7.89. The molecule has 9 nitrogen and oxygen atoms in total. The van der Waals surface area contributed by atoms with Crippen molar-refractivity contribution in [3.05, 3.63) is 53.3 Å². The average molecular weight is 579 g/mol. The number of methoxy groups -OCH3 is 1. The van der Waals surface area contributed by atoms with Crippen molar-refractivity contribution in [1.29, 1.82) is 0 Å². The Labute approximate surface area is 235 Å². The fourth-order valence-electron chi connectivity index (χ4n) is 5.65. The van der Waals surface area contributed by atoms with Crippen molar-refractivity contribution < 1.29 is 36.9 Å². The third-order valence-electron chi connectivity index (χ3n) is 7.58. The first-order valence-corrected chi connectivity index (χ1v) is 15.3. The van der Waals surface area contributed by atoms with E-state index in [0.29, 0.717) is 43.1 Å². The van der Waals surface area contributed by atoms with Gasteiger partial charge in [0.15, 0.2) is 23.1 Å². The van der Waals surface area contributed by atoms with Crippen LogP contribution in [0.25, 0.3) is 0 Å². The number of aliphatic carboxylic acids is 1. The van der Waals surface area contributed by atoms with Crippen LogP contribution >= 0.6 is 0 Å². The average Bonchev–Trinajstić information content (AvgIpc) is 3.54. The Bertz CT molecular complexity index is 1300. The van der Waals surface area contributed by atoms with Crippen LogP contribution in [-0.4, -0.2) is 74.5 Å². The van der Waals surface area contributed by atoms with Gasteiger partial charge in [0.1, 0.15) is 0 Å². The Morgan fingerprint density at radius 2 is 1.90 bits per heavy atom. The number of sulfonamides is 1. The molecule has 0 radical (unpaired) electrons. The highest BCUT2D eigenvalue weighted by Crippen LogP contribution is 2.48. The zero-order valence-electron chi connectivity index (χ0n) is 23.5. The number of hydrogen-bond acceptors (Lipinski definition) is 7. The van der Waals surface area contributed by atoms with Crippen molar-refractivity contribution >= 4 is 16.0 Å². The number of nitrogens with zero attached hydrogens (tertiary/aromatic N) is 2. The summed E-state index contributed by atoms with van der Waals surface area (Å²) in [5.74, 6) is -1.55. The zero-order valence-corrected chi connectivity index (χ0v) is 24.3. The first-order valence-electron chi connectivity index (χ1n) is 13.7. The van der Waals surface area contributed by atoms with Crippen molar-refractivity contribution in [3.8, 4) is 17.2 Å². The van der Waals surface area contributed by atoms with Gasteiger partial charge in [0.2, 0.25) is 16.8 Å². The number of carboxylic acids is 1. The van der Waals surface area contributed by atoms with Gasteiger partial charge < -0.3 is 19.3 Å². The highest BCUT2D eigenvalue weighted by atomic mass is 32.2. The van der Waals surface area contributed by atoms with E-state index in [1.54, 1.807) is 18.2 Å². The van der Waals surface area contributed by atoms with Gasteiger partial charge >= 0.3 is 5.97 Å². The Morgan fingerprint density at radius 1 is 1.18 bits per heavy atom. The molecule has 0 amide bonds. The van der Waals surface area contributed by atoms with E-state index >= 15 is 0 Å². The second kappa shape index (κ2) is 12.7. The molecule has 2 aromatic carbocycles. The van der Waals surface area contributed by atoms with Gasteiger partial charge in [-0.05, 0) is 47.7 Å². The third-order valence-corrected chi connectivity index (χ3v) is 9.50. The summed E-state index contributed by atoms with van der Waals surface area (Å²) in [5.41, 5.74) is 1.27. The topological polar surface area (TPSA) is 106 Å². The van der Waals surface area contributed by atoms with Gasteiger partial charge in [-0.3, -0.25) is 9.69 Å². The molecule has 40 heavy (non-hydrogen) atoms. The maximum Gasteiger partial charge on any atom is 0.309 e. The minimum Gasteiger partial charge on any atom is -0.494 e. The van der Waals surface area contributed by atoms with Crippen LogP contribution in [0.1, 0.15) is 56.7 Å². The van der Waals surface area contributed by atoms with Gasteiger partial charge in [-0.1, -0.05) is 39.3 Å². The van der Waals surface area contributed by atoms with Crippen LogP contribution < -0.4 is 14.2 Å². The van der Waals surface area contributed by atoms with Gasteiger partial charge in [0.25, 0.3) is 0 Å². The molecule has 0 aromatic heterocycles. The summed E-state index contributed by atoms with van der Waals surface area (Å²) >= 11 is 0. The molecule has 4 rings (SSSR count). The number of benzene rings is 2. The van der Waals surface area contributed by atoms with Crippen LogP contribution in [0.4, 0.5) is 4.39 Å². The summed E-state index contributed by atoms with van der Waals surface area (Å²) in [5, 5.41) is 10.5. The monoisotopic (exact) mass is 578 g/mol. The summed E-state index contributed by atoms with van der Waals surface area (Å²) in [6.07, 6.45) is 1.34. The lowest BCUT2D eigenvalue weighted by atomic mass is 9.82. The number of halogens is 1. The number of fused-ring (bicyclic) bond motifs is 1. The standard InChI is InChI=1S/C29H39FN2O7S/c1-5-6-13-40(35,36)32(16-19(2)3)12-11-31-17-22(20-7-10-25-26(15-20)39-18-38-25)27(29(33)34)28(31)21-8-9-24(37-4)23(30)14-21/h7-10,14-15,19,22,27-28H,5-6,11-13,16-18H2,1-4H3,(H,33,34). The summed E-state index contributed by atoms with van der Waals surface area (Å²) in [6, 6.07) is 9.22. The lowest BCUT2D eigenvalue weighted by Crippen LogP contribution is -2.42. The summed E-state index contributed by atoms with van der Waals surface area (Å²) in [7, 11) is -2.12. The van der Waals surface area contributed by atoms with Crippen LogP contribution in [0.2, 0.25) is 0 Å². The lowest BCUT2D eigenvalue weighted by molar-refractivity contribution is -0.143. The third kappa shape index (κ3) is 6.53. The summed E-state index contributed by atoms with van der Waals surface area (Å²) in [4.78, 5) is 14.8. The Hall–Kier alpha value is -2.89. The minimum atomic E-state index is -3.49. The van der Waals surface area contributed by atoms with E-state index in [4.69, 9.17) is 14.2 Å². The number of ether oxygens (including phenoxy) is 3. The molecule has 2 aromatic rings. The van der Waals surface area contributed by atoms with Crippen LogP contribution in [0.3, 0.4) is 0 Å². The molecule has 2 aliphatic rings. The van der Waals surface area contributed by atoms with Crippen LogP contribution in [0.5, 0.6) is 17.2 Å². The van der Waals surface area contributed by atoms with Crippen molar-refractivity contribution in [3.63, 3.8) is 0 Å². The van der Waals surface area contributed by atoms with E-state index in [2.05, 4.69) is 0 Å². The highest BCUT2D eigenvalue weighted by Gasteiger charge is 2.48. The van der Waals surface area contributed by atoms with Crippen LogP contribution in [0, 0.1) is 17.7 Å². The molecule has 2 aliphatic heterocycles. The predicted octanol–water partition coefficient (Wildman–Crippen LogP) is 4.49.